The number of esters is 3. The van der Waals surface area contributed by atoms with Gasteiger partial charge in [-0.25, -0.2) is 9.59 Å². The van der Waals surface area contributed by atoms with Gasteiger partial charge in [0, 0.05) is 20.4 Å². The number of carboxylic acid groups (broad SMARTS) is 1. The molecule has 134 valence electrons. The Morgan fingerprint density at radius 2 is 1.58 bits per heavy atom. The number of hydrogen-bond donors (Lipinski definition) is 1. The number of ether oxygens (including phenoxy) is 3. The van der Waals surface area contributed by atoms with E-state index >= 15 is 0 Å². The van der Waals surface area contributed by atoms with Crippen LogP contribution in [0.25, 0.3) is 0 Å². The summed E-state index contributed by atoms with van der Waals surface area (Å²) in [5.74, 6) is -5.06. The van der Waals surface area contributed by atoms with Crippen LogP contribution in [0, 0.1) is 0 Å². The smallest absolute Gasteiger partial charge is 0.351 e. The van der Waals surface area contributed by atoms with Gasteiger partial charge in [0.1, 0.15) is 6.04 Å². The highest BCUT2D eigenvalue weighted by atomic mass is 16.6. The molecule has 10 nitrogen and oxygen atoms in total. The summed E-state index contributed by atoms with van der Waals surface area (Å²) < 4.78 is 14.1. The molecule has 1 aliphatic heterocycles. The standard InChI is InChI=1S/C14H19NO9/c1-7(16)23-10(11(14(21)22-3)24-8(2)17)12(18)15-6-4-5-9(15)13(19)20/h9-11H,4-6H2,1-3H3,(H,19,20)/t9-,10+,11+/m0/s1. The predicted octanol–water partition coefficient (Wildman–Crippen LogP) is -0.902. The van der Waals surface area contributed by atoms with E-state index in [2.05, 4.69) is 4.74 Å². The molecule has 1 saturated heterocycles. The number of nitrogens with zero attached hydrogens (tertiary/aromatic N) is 1. The van der Waals surface area contributed by atoms with Crippen molar-refractivity contribution in [2.75, 3.05) is 13.7 Å². The molecule has 0 aromatic rings. The van der Waals surface area contributed by atoms with Crippen LogP contribution >= 0.6 is 0 Å². The number of carboxylic acids is 1. The molecule has 0 aromatic heterocycles. The third kappa shape index (κ3) is 4.67. The van der Waals surface area contributed by atoms with Gasteiger partial charge in [-0.2, -0.15) is 0 Å². The Bertz CT molecular complexity index is 544. The van der Waals surface area contributed by atoms with Crippen molar-refractivity contribution in [2.24, 2.45) is 0 Å². The monoisotopic (exact) mass is 345 g/mol. The summed E-state index contributed by atoms with van der Waals surface area (Å²) in [6.07, 6.45) is -2.98. The Balaban J connectivity index is 3.15. The molecule has 0 bridgehead atoms. The minimum atomic E-state index is -1.82. The van der Waals surface area contributed by atoms with Gasteiger partial charge >= 0.3 is 23.9 Å². The minimum absolute atomic E-state index is 0.113. The molecule has 1 rings (SSSR count). The van der Waals surface area contributed by atoms with E-state index in [1.807, 2.05) is 0 Å². The van der Waals surface area contributed by atoms with Crippen molar-refractivity contribution < 1.29 is 43.3 Å². The highest BCUT2D eigenvalue weighted by Gasteiger charge is 2.46. The van der Waals surface area contributed by atoms with E-state index in [9.17, 15) is 24.0 Å². The van der Waals surface area contributed by atoms with Crippen LogP contribution in [0.5, 0.6) is 0 Å². The molecule has 1 amide bonds. The van der Waals surface area contributed by atoms with E-state index in [1.54, 1.807) is 0 Å². The normalized spacial score (nSPS) is 19.1. The van der Waals surface area contributed by atoms with Crippen LogP contribution in [0.15, 0.2) is 0 Å². The number of carbonyl (C=O) groups is 5. The van der Waals surface area contributed by atoms with Gasteiger partial charge in [-0.1, -0.05) is 0 Å². The second kappa shape index (κ2) is 8.27. The average Bonchev–Trinajstić information content (AvgIpc) is 2.98. The first-order valence-corrected chi connectivity index (χ1v) is 7.14. The summed E-state index contributed by atoms with van der Waals surface area (Å²) >= 11 is 0. The largest absolute Gasteiger partial charge is 0.480 e. The maximum absolute atomic E-state index is 12.6. The molecule has 10 heteroatoms. The van der Waals surface area contributed by atoms with Crippen molar-refractivity contribution >= 4 is 29.8 Å². The summed E-state index contributed by atoms with van der Waals surface area (Å²) in [5, 5.41) is 9.16. The zero-order chi connectivity index (χ0) is 18.4. The first kappa shape index (κ1) is 19.4. The van der Waals surface area contributed by atoms with Crippen LogP contribution in [0.3, 0.4) is 0 Å². The SMILES string of the molecule is COC(=O)[C@H](OC(C)=O)[C@@H](OC(C)=O)C(=O)N1CCC[C@H]1C(=O)O. The summed E-state index contributed by atoms with van der Waals surface area (Å²) in [6.45, 7) is 2.11. The topological polar surface area (TPSA) is 137 Å². The molecule has 0 radical (unpaired) electrons. The van der Waals surface area contributed by atoms with E-state index in [1.165, 1.54) is 0 Å². The number of likely N-dealkylation sites (tertiary alicyclic amines) is 1. The Kier molecular flexibility index (Phi) is 6.69. The summed E-state index contributed by atoms with van der Waals surface area (Å²) in [6, 6.07) is -1.11. The van der Waals surface area contributed by atoms with E-state index in [4.69, 9.17) is 14.6 Å². The lowest BCUT2D eigenvalue weighted by molar-refractivity contribution is -0.185. The van der Waals surface area contributed by atoms with E-state index in [0.717, 1.165) is 25.9 Å². The maximum Gasteiger partial charge on any atom is 0.351 e. The van der Waals surface area contributed by atoms with Crippen molar-refractivity contribution in [3.8, 4) is 0 Å². The number of amides is 1. The number of hydrogen-bond acceptors (Lipinski definition) is 8. The summed E-state index contributed by atoms with van der Waals surface area (Å²) in [5.41, 5.74) is 0. The highest BCUT2D eigenvalue weighted by molar-refractivity contribution is 5.93. The maximum atomic E-state index is 12.6. The van der Waals surface area contributed by atoms with Crippen LogP contribution in [0.2, 0.25) is 0 Å². The van der Waals surface area contributed by atoms with Gasteiger partial charge in [0.15, 0.2) is 0 Å². The number of rotatable bonds is 6. The third-order valence-electron chi connectivity index (χ3n) is 3.36. The molecule has 0 unspecified atom stereocenters. The van der Waals surface area contributed by atoms with E-state index < -0.39 is 48.0 Å². The fourth-order valence-electron chi connectivity index (χ4n) is 2.40. The van der Waals surface area contributed by atoms with Crippen LogP contribution in [0.1, 0.15) is 26.7 Å². The Morgan fingerprint density at radius 1 is 1.04 bits per heavy atom. The highest BCUT2D eigenvalue weighted by Crippen LogP contribution is 2.21. The van der Waals surface area contributed by atoms with Gasteiger partial charge in [0.2, 0.25) is 12.2 Å². The first-order chi connectivity index (χ1) is 11.2. The van der Waals surface area contributed by atoms with Gasteiger partial charge < -0.3 is 24.2 Å². The predicted molar refractivity (Wildman–Crippen MR) is 75.5 cm³/mol. The molecule has 1 N–H and O–H groups in total. The molecule has 0 saturated carbocycles. The van der Waals surface area contributed by atoms with Crippen LogP contribution < -0.4 is 0 Å². The molecule has 0 aromatic carbocycles. The Hall–Kier alpha value is -2.65. The number of aliphatic carboxylic acids is 1. The zero-order valence-electron chi connectivity index (χ0n) is 13.5. The molecule has 1 aliphatic rings. The fourth-order valence-corrected chi connectivity index (χ4v) is 2.40. The summed E-state index contributed by atoms with van der Waals surface area (Å²) in [7, 11) is 1.00. The number of carbonyl (C=O) groups excluding carboxylic acids is 4. The van der Waals surface area contributed by atoms with Crippen molar-refractivity contribution in [3.63, 3.8) is 0 Å². The van der Waals surface area contributed by atoms with Gasteiger partial charge in [-0.3, -0.25) is 14.4 Å². The van der Waals surface area contributed by atoms with E-state index in [0.29, 0.717) is 6.42 Å². The lowest BCUT2D eigenvalue weighted by atomic mass is 10.1. The second-order valence-electron chi connectivity index (χ2n) is 5.11. The molecule has 24 heavy (non-hydrogen) atoms. The molecule has 0 spiro atoms. The van der Waals surface area contributed by atoms with Gasteiger partial charge in [-0.15, -0.1) is 0 Å². The zero-order valence-corrected chi connectivity index (χ0v) is 13.5. The van der Waals surface area contributed by atoms with Crippen LogP contribution in [0.4, 0.5) is 0 Å². The van der Waals surface area contributed by atoms with Gasteiger partial charge in [0.25, 0.3) is 5.91 Å². The second-order valence-corrected chi connectivity index (χ2v) is 5.11. The molecule has 1 fully saturated rings. The van der Waals surface area contributed by atoms with Crippen LogP contribution in [-0.4, -0.2) is 71.7 Å². The van der Waals surface area contributed by atoms with Crippen molar-refractivity contribution in [3.05, 3.63) is 0 Å². The average molecular weight is 345 g/mol. The molecule has 1 heterocycles. The molecule has 0 aliphatic carbocycles. The summed E-state index contributed by atoms with van der Waals surface area (Å²) in [4.78, 5) is 59.1. The van der Waals surface area contributed by atoms with Crippen LogP contribution in [-0.2, 0) is 38.2 Å². The molecular formula is C14H19NO9. The first-order valence-electron chi connectivity index (χ1n) is 7.14. The fraction of sp³-hybridized carbons (Fsp3) is 0.643. The van der Waals surface area contributed by atoms with E-state index in [-0.39, 0.29) is 13.0 Å². The number of methoxy groups -OCH3 is 1. The third-order valence-corrected chi connectivity index (χ3v) is 3.36. The van der Waals surface area contributed by atoms with Crippen molar-refractivity contribution in [1.82, 2.24) is 4.90 Å². The Morgan fingerprint density at radius 3 is 2.04 bits per heavy atom. The quantitative estimate of drug-likeness (QED) is 0.479. The van der Waals surface area contributed by atoms with Gasteiger partial charge in [-0.05, 0) is 12.8 Å². The lowest BCUT2D eigenvalue weighted by Crippen LogP contribution is -2.53. The molecule has 3 atom stereocenters. The lowest BCUT2D eigenvalue weighted by Gasteiger charge is -2.29. The van der Waals surface area contributed by atoms with Crippen molar-refractivity contribution in [2.45, 2.75) is 44.9 Å². The van der Waals surface area contributed by atoms with Crippen molar-refractivity contribution in [1.29, 1.82) is 0 Å². The minimum Gasteiger partial charge on any atom is -0.480 e. The molecular weight excluding hydrogens is 326 g/mol. The van der Waals surface area contributed by atoms with Gasteiger partial charge in [0.05, 0.1) is 7.11 Å². The Labute approximate surface area is 137 Å².